The third kappa shape index (κ3) is 4.16. The number of carbonyl (C=O) groups is 1. The molecule has 0 saturated heterocycles. The molecule has 0 fully saturated rings. The van der Waals surface area contributed by atoms with Crippen LogP contribution >= 0.6 is 23.2 Å². The van der Waals surface area contributed by atoms with Crippen molar-refractivity contribution in [3.63, 3.8) is 0 Å². The van der Waals surface area contributed by atoms with Crippen molar-refractivity contribution in [3.8, 4) is 0 Å². The lowest BCUT2D eigenvalue weighted by Gasteiger charge is -2.13. The zero-order chi connectivity index (χ0) is 17.2. The lowest BCUT2D eigenvalue weighted by Crippen LogP contribution is -2.22. The van der Waals surface area contributed by atoms with Gasteiger partial charge < -0.3 is 4.90 Å². The van der Waals surface area contributed by atoms with Gasteiger partial charge in [-0.05, 0) is 42.5 Å². The van der Waals surface area contributed by atoms with Gasteiger partial charge in [-0.1, -0.05) is 23.2 Å². The molecule has 2 rings (SSSR count). The first-order valence-electron chi connectivity index (χ1n) is 6.50. The summed E-state index contributed by atoms with van der Waals surface area (Å²) in [6, 6.07) is 10.3. The number of carbonyl (C=O) groups excluding carboxylic acids is 1. The van der Waals surface area contributed by atoms with Gasteiger partial charge in [-0.2, -0.15) is 0 Å². The monoisotopic (exact) mass is 372 g/mol. The first kappa shape index (κ1) is 17.6. The Morgan fingerprint density at radius 3 is 2.22 bits per heavy atom. The number of halogens is 2. The molecule has 0 aliphatic rings. The maximum absolute atomic E-state index is 12.5. The first-order chi connectivity index (χ1) is 10.7. The number of hydrogen-bond acceptors (Lipinski definition) is 3. The molecule has 8 heteroatoms. The highest BCUT2D eigenvalue weighted by Crippen LogP contribution is 2.26. The van der Waals surface area contributed by atoms with Gasteiger partial charge in [0.05, 0.1) is 5.02 Å². The van der Waals surface area contributed by atoms with Gasteiger partial charge in [-0.15, -0.1) is 0 Å². The molecule has 1 N–H and O–H groups in total. The predicted octanol–water partition coefficient (Wildman–Crippen LogP) is 3.50. The van der Waals surface area contributed by atoms with Crippen LogP contribution in [0, 0.1) is 0 Å². The molecule has 1 amide bonds. The minimum absolute atomic E-state index is 0.0294. The molecule has 23 heavy (non-hydrogen) atoms. The van der Waals surface area contributed by atoms with Gasteiger partial charge in [0.2, 0.25) is 0 Å². The van der Waals surface area contributed by atoms with Crippen molar-refractivity contribution in [2.75, 3.05) is 18.8 Å². The van der Waals surface area contributed by atoms with E-state index in [0.717, 1.165) is 0 Å². The van der Waals surface area contributed by atoms with Crippen LogP contribution in [0.15, 0.2) is 47.4 Å². The summed E-state index contributed by atoms with van der Waals surface area (Å²) < 4.78 is 27.4. The SMILES string of the molecule is CN(C)C(=O)c1ccc(Cl)c(S(=O)(=O)Nc2ccc(Cl)cc2)c1. The maximum atomic E-state index is 12.5. The Bertz CT molecular complexity index is 834. The zero-order valence-corrected chi connectivity index (χ0v) is 14.7. The van der Waals surface area contributed by atoms with Gasteiger partial charge in [-0.25, -0.2) is 8.42 Å². The Morgan fingerprint density at radius 1 is 1.04 bits per heavy atom. The topological polar surface area (TPSA) is 66.5 Å². The van der Waals surface area contributed by atoms with E-state index in [1.54, 1.807) is 26.2 Å². The first-order valence-corrected chi connectivity index (χ1v) is 8.74. The van der Waals surface area contributed by atoms with Crippen LogP contribution < -0.4 is 4.72 Å². The summed E-state index contributed by atoms with van der Waals surface area (Å²) >= 11 is 11.8. The Labute approximate surface area is 144 Å². The van der Waals surface area contributed by atoms with Gasteiger partial charge in [0.25, 0.3) is 15.9 Å². The number of nitrogens with zero attached hydrogens (tertiary/aromatic N) is 1. The molecule has 5 nitrogen and oxygen atoms in total. The van der Waals surface area contributed by atoms with Crippen molar-refractivity contribution in [3.05, 3.63) is 58.1 Å². The summed E-state index contributed by atoms with van der Waals surface area (Å²) in [7, 11) is -0.773. The van der Waals surface area contributed by atoms with Crippen LogP contribution in [0.25, 0.3) is 0 Å². The van der Waals surface area contributed by atoms with Gasteiger partial charge >= 0.3 is 0 Å². The maximum Gasteiger partial charge on any atom is 0.263 e. The second-order valence-electron chi connectivity index (χ2n) is 4.96. The Morgan fingerprint density at radius 2 is 1.65 bits per heavy atom. The van der Waals surface area contributed by atoms with Crippen LogP contribution in [-0.4, -0.2) is 33.3 Å². The largest absolute Gasteiger partial charge is 0.345 e. The number of rotatable bonds is 4. The Kier molecular flexibility index (Phi) is 5.19. The quantitative estimate of drug-likeness (QED) is 0.892. The number of benzene rings is 2. The number of nitrogens with one attached hydrogen (secondary N) is 1. The molecule has 122 valence electrons. The van der Waals surface area contributed by atoms with Crippen molar-refractivity contribution in [2.24, 2.45) is 0 Å². The molecule has 0 atom stereocenters. The summed E-state index contributed by atoms with van der Waals surface area (Å²) in [5.41, 5.74) is 0.575. The number of anilines is 1. The summed E-state index contributed by atoms with van der Waals surface area (Å²) in [4.78, 5) is 13.2. The van der Waals surface area contributed by atoms with E-state index in [-0.39, 0.29) is 21.4 Å². The van der Waals surface area contributed by atoms with Gasteiger partial charge in [-0.3, -0.25) is 9.52 Å². The number of sulfonamides is 1. The highest BCUT2D eigenvalue weighted by atomic mass is 35.5. The number of amides is 1. The molecule has 0 bridgehead atoms. The van der Waals surface area contributed by atoms with E-state index in [1.807, 2.05) is 0 Å². The van der Waals surface area contributed by atoms with Crippen molar-refractivity contribution < 1.29 is 13.2 Å². The van der Waals surface area contributed by atoms with Crippen LogP contribution in [0.4, 0.5) is 5.69 Å². The smallest absolute Gasteiger partial charge is 0.263 e. The molecule has 0 heterocycles. The van der Waals surface area contributed by atoms with Gasteiger partial charge in [0.15, 0.2) is 0 Å². The molecule has 0 radical (unpaired) electrons. The van der Waals surface area contributed by atoms with E-state index >= 15 is 0 Å². The summed E-state index contributed by atoms with van der Waals surface area (Å²) in [5.74, 6) is -0.315. The lowest BCUT2D eigenvalue weighted by atomic mass is 10.2. The molecule has 0 aromatic heterocycles. The zero-order valence-electron chi connectivity index (χ0n) is 12.4. The third-order valence-electron chi connectivity index (χ3n) is 2.97. The van der Waals surface area contributed by atoms with Crippen molar-refractivity contribution in [1.29, 1.82) is 0 Å². The standard InChI is InChI=1S/C15H14Cl2N2O3S/c1-19(2)15(20)10-3-8-13(17)14(9-10)23(21,22)18-12-6-4-11(16)5-7-12/h3-9,18H,1-2H3. The average molecular weight is 373 g/mol. The van der Waals surface area contributed by atoms with E-state index in [0.29, 0.717) is 10.7 Å². The van der Waals surface area contributed by atoms with E-state index in [1.165, 1.54) is 35.2 Å². The molecule has 2 aromatic rings. The third-order valence-corrected chi connectivity index (χ3v) is 5.09. The van der Waals surface area contributed by atoms with Crippen molar-refractivity contribution in [1.82, 2.24) is 4.90 Å². The van der Waals surface area contributed by atoms with E-state index < -0.39 is 10.0 Å². The fourth-order valence-electron chi connectivity index (χ4n) is 1.83. The predicted molar refractivity (Wildman–Crippen MR) is 91.7 cm³/mol. The summed E-state index contributed by atoms with van der Waals surface area (Å²) in [6.45, 7) is 0. The van der Waals surface area contributed by atoms with Crippen LogP contribution in [0.2, 0.25) is 10.0 Å². The van der Waals surface area contributed by atoms with Crippen molar-refractivity contribution >= 4 is 44.8 Å². The number of hydrogen-bond donors (Lipinski definition) is 1. The molecule has 0 saturated carbocycles. The second-order valence-corrected chi connectivity index (χ2v) is 7.45. The molecule has 0 spiro atoms. The molecule has 0 unspecified atom stereocenters. The fraction of sp³-hybridized carbons (Fsp3) is 0.133. The van der Waals surface area contributed by atoms with Gasteiger partial charge in [0.1, 0.15) is 4.90 Å². The minimum Gasteiger partial charge on any atom is -0.345 e. The Hall–Kier alpha value is -1.76. The van der Waals surface area contributed by atoms with Crippen molar-refractivity contribution in [2.45, 2.75) is 4.90 Å². The highest BCUT2D eigenvalue weighted by molar-refractivity contribution is 7.92. The van der Waals surface area contributed by atoms with E-state index in [2.05, 4.69) is 4.72 Å². The normalized spacial score (nSPS) is 11.1. The molecule has 0 aliphatic heterocycles. The summed E-state index contributed by atoms with van der Waals surface area (Å²) in [5, 5.41) is 0.520. The van der Waals surface area contributed by atoms with Gasteiger partial charge in [0, 0.05) is 30.4 Å². The average Bonchev–Trinajstić information content (AvgIpc) is 2.49. The van der Waals surface area contributed by atoms with Crippen LogP contribution in [0.3, 0.4) is 0 Å². The van der Waals surface area contributed by atoms with E-state index in [4.69, 9.17) is 23.2 Å². The van der Waals surface area contributed by atoms with Crippen LogP contribution in [-0.2, 0) is 10.0 Å². The lowest BCUT2D eigenvalue weighted by molar-refractivity contribution is 0.0827. The summed E-state index contributed by atoms with van der Waals surface area (Å²) in [6.07, 6.45) is 0. The van der Waals surface area contributed by atoms with Crippen LogP contribution in [0.5, 0.6) is 0 Å². The molecule has 2 aromatic carbocycles. The fourth-order valence-corrected chi connectivity index (χ4v) is 3.54. The Balaban J connectivity index is 2.40. The van der Waals surface area contributed by atoms with E-state index in [9.17, 15) is 13.2 Å². The highest BCUT2D eigenvalue weighted by Gasteiger charge is 2.21. The molecular weight excluding hydrogens is 359 g/mol. The minimum atomic E-state index is -3.93. The van der Waals surface area contributed by atoms with Crippen LogP contribution in [0.1, 0.15) is 10.4 Å². The molecular formula is C15H14Cl2N2O3S. The second kappa shape index (κ2) is 6.78. The molecule has 0 aliphatic carbocycles.